The molecule has 2 aliphatic rings. The number of carbonyl (C=O) groups excluding carboxylic acids is 1. The van der Waals surface area contributed by atoms with E-state index in [0.29, 0.717) is 33.4 Å². The number of aromatic carboxylic acids is 1. The van der Waals surface area contributed by atoms with Gasteiger partial charge >= 0.3 is 11.9 Å². The van der Waals surface area contributed by atoms with Crippen molar-refractivity contribution in [1.82, 2.24) is 0 Å². The van der Waals surface area contributed by atoms with E-state index in [1.165, 1.54) is 22.2 Å². The molecule has 0 spiro atoms. The molecule has 0 bridgehead atoms. The summed E-state index contributed by atoms with van der Waals surface area (Å²) in [4.78, 5) is 25.1. The zero-order valence-corrected chi connectivity index (χ0v) is 19.4. The zero-order valence-electron chi connectivity index (χ0n) is 18.6. The van der Waals surface area contributed by atoms with Gasteiger partial charge in [0.05, 0.1) is 17.1 Å². The van der Waals surface area contributed by atoms with Crippen LogP contribution in [0, 0.1) is 0 Å². The van der Waals surface area contributed by atoms with Crippen molar-refractivity contribution in [3.8, 4) is 16.2 Å². The first-order chi connectivity index (χ1) is 16.3. The number of para-hydroxylation sites is 1. The number of carbonyl (C=O) groups is 2. The van der Waals surface area contributed by atoms with E-state index in [2.05, 4.69) is 28.6 Å². The molecule has 2 heterocycles. The molecule has 3 N–H and O–H groups in total. The number of rotatable bonds is 5. The molecule has 0 fully saturated rings. The Kier molecular flexibility index (Phi) is 5.41. The molecule has 8 nitrogen and oxygen atoms in total. The van der Waals surface area contributed by atoms with Gasteiger partial charge in [0, 0.05) is 10.4 Å². The van der Waals surface area contributed by atoms with Gasteiger partial charge in [-0.05, 0) is 73.2 Å². The maximum atomic E-state index is 13.1. The second kappa shape index (κ2) is 8.42. The average molecular weight is 475 g/mol. The normalized spacial score (nSPS) is 18.4. The van der Waals surface area contributed by atoms with Gasteiger partial charge in [-0.1, -0.05) is 19.1 Å². The summed E-state index contributed by atoms with van der Waals surface area (Å²) in [5.74, 6) is -1.00. The van der Waals surface area contributed by atoms with E-state index in [0.717, 1.165) is 24.2 Å². The standard InChI is InChI=1S/C25H22N4O4S/c1-13-6-7-15-8-9-16(12-18(13)15)29-24(31)22(14(2)28-29)27-26-19-5-3-4-17(23(19)30)20-10-11-21(34-20)25(32)33/h3-5,8-13,26,30H,6-7H2,1-2H3,(H,32,33)/b27-22-. The Balaban J connectivity index is 1.39. The number of hydrogen-bond donors (Lipinski definition) is 3. The van der Waals surface area contributed by atoms with Crippen LogP contribution in [0.25, 0.3) is 10.4 Å². The number of phenolic OH excluding ortho intramolecular Hbond substituents is 1. The maximum absolute atomic E-state index is 13.1. The molecular weight excluding hydrogens is 452 g/mol. The van der Waals surface area contributed by atoms with Crippen molar-refractivity contribution >= 4 is 46.0 Å². The molecule has 9 heteroatoms. The quantitative estimate of drug-likeness (QED) is 0.353. The van der Waals surface area contributed by atoms with Crippen LogP contribution < -0.4 is 10.4 Å². The number of fused-ring (bicyclic) bond motifs is 1. The third-order valence-electron chi connectivity index (χ3n) is 6.15. The molecule has 0 radical (unpaired) electrons. The summed E-state index contributed by atoms with van der Waals surface area (Å²) in [6, 6.07) is 14.2. The van der Waals surface area contributed by atoms with Crippen LogP contribution in [0.3, 0.4) is 0 Å². The van der Waals surface area contributed by atoms with E-state index in [9.17, 15) is 14.7 Å². The van der Waals surface area contributed by atoms with E-state index in [1.807, 2.05) is 12.1 Å². The predicted molar refractivity (Wildman–Crippen MR) is 133 cm³/mol. The van der Waals surface area contributed by atoms with Crippen LogP contribution >= 0.6 is 11.3 Å². The Morgan fingerprint density at radius 1 is 1.24 bits per heavy atom. The second-order valence-corrected chi connectivity index (χ2v) is 9.45. The molecule has 0 saturated heterocycles. The number of carboxylic acids is 1. The van der Waals surface area contributed by atoms with Crippen molar-refractivity contribution < 1.29 is 19.8 Å². The number of hydrogen-bond acceptors (Lipinski definition) is 7. The largest absolute Gasteiger partial charge is 0.505 e. The lowest BCUT2D eigenvalue weighted by molar-refractivity contribution is -0.112. The third kappa shape index (κ3) is 3.73. The molecule has 34 heavy (non-hydrogen) atoms. The van der Waals surface area contributed by atoms with Gasteiger partial charge in [-0.3, -0.25) is 10.2 Å². The molecular formula is C25H22N4O4S. The highest BCUT2D eigenvalue weighted by Gasteiger charge is 2.32. The molecule has 0 saturated carbocycles. The maximum Gasteiger partial charge on any atom is 0.345 e. The number of carboxylic acid groups (broad SMARTS) is 1. The number of anilines is 2. The molecule has 1 amide bonds. The topological polar surface area (TPSA) is 115 Å². The fraction of sp³-hybridized carbons (Fsp3) is 0.200. The Morgan fingerprint density at radius 2 is 2.06 bits per heavy atom. The summed E-state index contributed by atoms with van der Waals surface area (Å²) in [6.45, 7) is 3.90. The highest BCUT2D eigenvalue weighted by atomic mass is 32.1. The number of nitrogens with zero attached hydrogens (tertiary/aromatic N) is 3. The van der Waals surface area contributed by atoms with Crippen LogP contribution in [-0.2, 0) is 11.2 Å². The van der Waals surface area contributed by atoms with Gasteiger partial charge in [0.25, 0.3) is 0 Å². The fourth-order valence-electron chi connectivity index (χ4n) is 4.28. The van der Waals surface area contributed by atoms with Crippen LogP contribution in [0.5, 0.6) is 5.75 Å². The van der Waals surface area contributed by atoms with Crippen molar-refractivity contribution in [1.29, 1.82) is 0 Å². The summed E-state index contributed by atoms with van der Waals surface area (Å²) < 4.78 is 0. The average Bonchev–Trinajstić information content (AvgIpc) is 3.52. The van der Waals surface area contributed by atoms with Crippen molar-refractivity contribution in [2.45, 2.75) is 32.6 Å². The van der Waals surface area contributed by atoms with Gasteiger partial charge < -0.3 is 10.2 Å². The smallest absolute Gasteiger partial charge is 0.345 e. The second-order valence-electron chi connectivity index (χ2n) is 8.37. The predicted octanol–water partition coefficient (Wildman–Crippen LogP) is 5.06. The van der Waals surface area contributed by atoms with Gasteiger partial charge in [-0.2, -0.15) is 15.2 Å². The van der Waals surface area contributed by atoms with Gasteiger partial charge in [0.15, 0.2) is 5.71 Å². The summed E-state index contributed by atoms with van der Waals surface area (Å²) in [7, 11) is 0. The number of aromatic hydroxyl groups is 1. The fourth-order valence-corrected chi connectivity index (χ4v) is 5.15. The lowest BCUT2D eigenvalue weighted by Gasteiger charge is -2.14. The molecule has 172 valence electrons. The number of hydrazone groups is 2. The summed E-state index contributed by atoms with van der Waals surface area (Å²) >= 11 is 1.06. The number of benzene rings is 2. The Labute approximate surface area is 199 Å². The summed E-state index contributed by atoms with van der Waals surface area (Å²) in [5, 5.41) is 29.9. The number of nitrogens with one attached hydrogen (secondary N) is 1. The molecule has 1 aliphatic carbocycles. The van der Waals surface area contributed by atoms with Crippen LogP contribution in [0.4, 0.5) is 11.4 Å². The van der Waals surface area contributed by atoms with Crippen LogP contribution in [0.2, 0.25) is 0 Å². The van der Waals surface area contributed by atoms with Crippen molar-refractivity contribution in [2.24, 2.45) is 10.2 Å². The van der Waals surface area contributed by atoms with Crippen molar-refractivity contribution in [3.05, 3.63) is 64.5 Å². The lowest BCUT2D eigenvalue weighted by Crippen LogP contribution is -2.28. The van der Waals surface area contributed by atoms with Crippen LogP contribution in [0.1, 0.15) is 47.0 Å². The van der Waals surface area contributed by atoms with Gasteiger partial charge in [-0.15, -0.1) is 11.3 Å². The SMILES string of the molecule is CC1=NN(c2ccc3c(c2)C(C)CC3)C(=O)/C1=N\Nc1cccc(-c2ccc(C(=O)O)s2)c1O. The van der Waals surface area contributed by atoms with Gasteiger partial charge in [0.2, 0.25) is 0 Å². The van der Waals surface area contributed by atoms with Crippen LogP contribution in [0.15, 0.2) is 58.7 Å². The molecule has 2 aromatic carbocycles. The van der Waals surface area contributed by atoms with Gasteiger partial charge in [-0.25, -0.2) is 4.79 Å². The Hall–Kier alpha value is -3.98. The van der Waals surface area contributed by atoms with E-state index < -0.39 is 5.97 Å². The minimum absolute atomic E-state index is 0.0878. The zero-order chi connectivity index (χ0) is 24.0. The Morgan fingerprint density at radius 3 is 2.82 bits per heavy atom. The molecule has 3 aromatic rings. The monoisotopic (exact) mass is 474 g/mol. The third-order valence-corrected chi connectivity index (χ3v) is 7.25. The van der Waals surface area contributed by atoms with E-state index in [1.54, 1.807) is 31.2 Å². The molecule has 1 atom stereocenters. The van der Waals surface area contributed by atoms with Crippen molar-refractivity contribution in [2.75, 3.05) is 10.4 Å². The van der Waals surface area contributed by atoms with E-state index in [4.69, 9.17) is 5.11 Å². The van der Waals surface area contributed by atoms with Crippen molar-refractivity contribution in [3.63, 3.8) is 0 Å². The van der Waals surface area contributed by atoms with Crippen LogP contribution in [-0.4, -0.2) is 33.5 Å². The number of phenols is 1. The summed E-state index contributed by atoms with van der Waals surface area (Å²) in [5.41, 5.74) is 7.43. The minimum Gasteiger partial charge on any atom is -0.505 e. The number of amides is 1. The highest BCUT2D eigenvalue weighted by Crippen LogP contribution is 2.39. The first-order valence-corrected chi connectivity index (χ1v) is 11.7. The molecule has 5 rings (SSSR count). The first kappa shape index (κ1) is 21.8. The molecule has 1 aliphatic heterocycles. The molecule has 1 unspecified atom stereocenters. The van der Waals surface area contributed by atoms with E-state index >= 15 is 0 Å². The lowest BCUT2D eigenvalue weighted by atomic mass is 10.0. The Bertz CT molecular complexity index is 1390. The minimum atomic E-state index is -1.02. The highest BCUT2D eigenvalue weighted by molar-refractivity contribution is 7.17. The number of thiophene rings is 1. The summed E-state index contributed by atoms with van der Waals surface area (Å²) in [6.07, 6.45) is 2.16. The van der Waals surface area contributed by atoms with E-state index in [-0.39, 0.29) is 22.2 Å². The molecule has 1 aromatic heterocycles. The number of aryl methyl sites for hydroxylation is 1. The first-order valence-electron chi connectivity index (χ1n) is 10.9. The van der Waals surface area contributed by atoms with Gasteiger partial charge in [0.1, 0.15) is 10.6 Å².